The van der Waals surface area contributed by atoms with E-state index >= 15 is 0 Å². The van der Waals surface area contributed by atoms with Crippen LogP contribution in [0.2, 0.25) is 5.02 Å². The summed E-state index contributed by atoms with van der Waals surface area (Å²) >= 11 is 7.02. The Hall–Kier alpha value is -2.98. The summed E-state index contributed by atoms with van der Waals surface area (Å²) in [5.41, 5.74) is -0.196. The molecule has 0 bridgehead atoms. The minimum absolute atomic E-state index is 0.0416. The molecule has 0 saturated heterocycles. The topological polar surface area (TPSA) is 39.8 Å². The number of benzene rings is 2. The SMILES string of the molecule is O=c1n(Cc2ccc(-c3cccc(F)c3F)s2)nc(-c2ccc(Cl)cc2)n1CCC(F)(F)F. The van der Waals surface area contributed by atoms with Crippen molar-refractivity contribution in [2.45, 2.75) is 25.7 Å². The minimum atomic E-state index is -4.45. The number of alkyl halides is 3. The second-order valence-electron chi connectivity index (χ2n) is 7.15. The lowest BCUT2D eigenvalue weighted by Gasteiger charge is -2.08. The van der Waals surface area contributed by atoms with E-state index in [-0.39, 0.29) is 17.9 Å². The molecule has 4 aromatic rings. The number of rotatable bonds is 6. The summed E-state index contributed by atoms with van der Waals surface area (Å²) in [7, 11) is 0. The lowest BCUT2D eigenvalue weighted by atomic mass is 10.2. The van der Waals surface area contributed by atoms with E-state index in [1.165, 1.54) is 12.1 Å². The summed E-state index contributed by atoms with van der Waals surface area (Å²) in [6, 6.07) is 13.3. The van der Waals surface area contributed by atoms with Gasteiger partial charge < -0.3 is 0 Å². The molecule has 4 nitrogen and oxygen atoms in total. The van der Waals surface area contributed by atoms with Gasteiger partial charge in [0.15, 0.2) is 17.5 Å². The van der Waals surface area contributed by atoms with Crippen molar-refractivity contribution in [3.8, 4) is 21.8 Å². The molecule has 0 aliphatic heterocycles. The summed E-state index contributed by atoms with van der Waals surface area (Å²) in [5.74, 6) is -1.88. The van der Waals surface area contributed by atoms with Gasteiger partial charge in [0.05, 0.1) is 13.0 Å². The second kappa shape index (κ2) is 9.11. The van der Waals surface area contributed by atoms with E-state index < -0.39 is 36.5 Å². The van der Waals surface area contributed by atoms with Gasteiger partial charge in [-0.3, -0.25) is 4.57 Å². The molecule has 33 heavy (non-hydrogen) atoms. The predicted octanol–water partition coefficient (Wildman–Crippen LogP) is 6.37. The summed E-state index contributed by atoms with van der Waals surface area (Å²) in [4.78, 5) is 13.9. The van der Waals surface area contributed by atoms with Gasteiger partial charge in [-0.05, 0) is 42.5 Å². The third-order valence-electron chi connectivity index (χ3n) is 4.83. The number of hydrogen-bond donors (Lipinski definition) is 0. The van der Waals surface area contributed by atoms with Crippen LogP contribution in [0.5, 0.6) is 0 Å². The zero-order valence-electron chi connectivity index (χ0n) is 16.7. The normalized spacial score (nSPS) is 11.8. The van der Waals surface area contributed by atoms with E-state index in [2.05, 4.69) is 5.10 Å². The highest BCUT2D eigenvalue weighted by Crippen LogP contribution is 2.31. The van der Waals surface area contributed by atoms with Gasteiger partial charge in [-0.2, -0.15) is 13.2 Å². The maximum atomic E-state index is 14.1. The van der Waals surface area contributed by atoms with Crippen molar-refractivity contribution >= 4 is 22.9 Å². The van der Waals surface area contributed by atoms with E-state index in [9.17, 15) is 26.7 Å². The van der Waals surface area contributed by atoms with Gasteiger partial charge in [0, 0.05) is 32.4 Å². The third kappa shape index (κ3) is 5.17. The molecular weight excluding hydrogens is 485 g/mol. The molecule has 0 saturated carbocycles. The van der Waals surface area contributed by atoms with E-state index in [0.717, 1.165) is 26.7 Å². The van der Waals surface area contributed by atoms with Crippen LogP contribution in [0.4, 0.5) is 22.0 Å². The molecule has 0 unspecified atom stereocenters. The Morgan fingerprint density at radius 2 is 1.73 bits per heavy atom. The minimum Gasteiger partial charge on any atom is -0.275 e. The van der Waals surface area contributed by atoms with Gasteiger partial charge in [0.2, 0.25) is 0 Å². The molecule has 172 valence electrons. The number of aromatic nitrogens is 3. The van der Waals surface area contributed by atoms with Gasteiger partial charge in [-0.15, -0.1) is 16.4 Å². The summed E-state index contributed by atoms with van der Waals surface area (Å²) < 4.78 is 68.1. The van der Waals surface area contributed by atoms with Crippen LogP contribution in [0.3, 0.4) is 0 Å². The van der Waals surface area contributed by atoms with Gasteiger partial charge >= 0.3 is 11.9 Å². The van der Waals surface area contributed by atoms with Crippen molar-refractivity contribution in [2.75, 3.05) is 0 Å². The fourth-order valence-electron chi connectivity index (χ4n) is 3.25. The predicted molar refractivity (Wildman–Crippen MR) is 116 cm³/mol. The first kappa shape index (κ1) is 23.2. The van der Waals surface area contributed by atoms with Crippen LogP contribution >= 0.6 is 22.9 Å². The van der Waals surface area contributed by atoms with E-state index in [4.69, 9.17) is 11.6 Å². The van der Waals surface area contributed by atoms with Crippen molar-refractivity contribution in [3.63, 3.8) is 0 Å². The fourth-order valence-corrected chi connectivity index (χ4v) is 4.38. The number of nitrogens with zero attached hydrogens (tertiary/aromatic N) is 3. The fraction of sp³-hybridized carbons (Fsp3) is 0.182. The average molecular weight is 500 g/mol. The monoisotopic (exact) mass is 499 g/mol. The molecule has 0 amide bonds. The molecule has 2 aromatic heterocycles. The second-order valence-corrected chi connectivity index (χ2v) is 8.76. The lowest BCUT2D eigenvalue weighted by Crippen LogP contribution is -2.27. The average Bonchev–Trinajstić information content (AvgIpc) is 3.34. The van der Waals surface area contributed by atoms with Crippen LogP contribution in [0.15, 0.2) is 59.4 Å². The number of thiophene rings is 1. The highest BCUT2D eigenvalue weighted by atomic mass is 35.5. The molecule has 0 N–H and O–H groups in total. The van der Waals surface area contributed by atoms with Crippen molar-refractivity contribution in [2.24, 2.45) is 0 Å². The first-order chi connectivity index (χ1) is 15.6. The van der Waals surface area contributed by atoms with Crippen molar-refractivity contribution in [1.82, 2.24) is 14.3 Å². The molecule has 0 spiro atoms. The van der Waals surface area contributed by atoms with E-state index in [1.807, 2.05) is 0 Å². The van der Waals surface area contributed by atoms with Crippen LogP contribution in [-0.2, 0) is 13.1 Å². The van der Waals surface area contributed by atoms with E-state index in [0.29, 0.717) is 20.3 Å². The maximum Gasteiger partial charge on any atom is 0.390 e. The largest absolute Gasteiger partial charge is 0.390 e. The lowest BCUT2D eigenvalue weighted by molar-refractivity contribution is -0.136. The molecule has 2 heterocycles. The van der Waals surface area contributed by atoms with Gasteiger partial charge in [0.1, 0.15) is 0 Å². The Kier molecular flexibility index (Phi) is 6.40. The zero-order valence-corrected chi connectivity index (χ0v) is 18.3. The Bertz CT molecular complexity index is 1340. The summed E-state index contributed by atoms with van der Waals surface area (Å²) in [6.45, 7) is -0.634. The van der Waals surface area contributed by atoms with Gasteiger partial charge in [-0.1, -0.05) is 23.7 Å². The third-order valence-corrected chi connectivity index (χ3v) is 6.18. The first-order valence-corrected chi connectivity index (χ1v) is 10.9. The molecule has 0 aliphatic rings. The molecule has 0 aliphatic carbocycles. The van der Waals surface area contributed by atoms with Gasteiger partial charge in [0.25, 0.3) is 0 Å². The Balaban J connectivity index is 1.68. The molecule has 0 fully saturated rings. The summed E-state index contributed by atoms with van der Waals surface area (Å²) in [6.07, 6.45) is -5.64. The molecule has 0 radical (unpaired) electrons. The molecular formula is C22H15ClF5N3OS. The van der Waals surface area contributed by atoms with Crippen molar-refractivity contribution < 1.29 is 22.0 Å². The van der Waals surface area contributed by atoms with Crippen molar-refractivity contribution in [1.29, 1.82) is 0 Å². The van der Waals surface area contributed by atoms with Crippen LogP contribution in [0.25, 0.3) is 21.8 Å². The standard InChI is InChI=1S/C22H15ClF5N3OS/c23-14-6-4-13(5-7-14)20-29-31(21(32)30(20)11-10-22(26,27)28)12-15-8-9-18(33-15)16-2-1-3-17(24)19(16)25/h1-9H,10-12H2. The Labute approximate surface area is 193 Å². The van der Waals surface area contributed by atoms with Crippen LogP contribution in [0.1, 0.15) is 11.3 Å². The van der Waals surface area contributed by atoms with Crippen LogP contribution < -0.4 is 5.69 Å². The van der Waals surface area contributed by atoms with Crippen LogP contribution in [0, 0.1) is 11.6 Å². The molecule has 4 rings (SSSR count). The Morgan fingerprint density at radius 3 is 2.42 bits per heavy atom. The Morgan fingerprint density at radius 1 is 1.00 bits per heavy atom. The first-order valence-electron chi connectivity index (χ1n) is 9.66. The van der Waals surface area contributed by atoms with Crippen molar-refractivity contribution in [3.05, 3.63) is 86.6 Å². The molecule has 2 aromatic carbocycles. The highest BCUT2D eigenvalue weighted by molar-refractivity contribution is 7.15. The number of hydrogen-bond acceptors (Lipinski definition) is 3. The molecule has 11 heteroatoms. The maximum absolute atomic E-state index is 14.1. The highest BCUT2D eigenvalue weighted by Gasteiger charge is 2.28. The van der Waals surface area contributed by atoms with Crippen LogP contribution in [-0.4, -0.2) is 20.5 Å². The number of halogens is 6. The smallest absolute Gasteiger partial charge is 0.275 e. The van der Waals surface area contributed by atoms with E-state index in [1.54, 1.807) is 36.4 Å². The zero-order chi connectivity index (χ0) is 23.8. The quantitative estimate of drug-likeness (QED) is 0.289. The summed E-state index contributed by atoms with van der Waals surface area (Å²) in [5, 5.41) is 4.68. The van der Waals surface area contributed by atoms with Gasteiger partial charge in [-0.25, -0.2) is 18.3 Å². The molecule has 0 atom stereocenters.